The van der Waals surface area contributed by atoms with E-state index in [0.29, 0.717) is 11.3 Å². The third-order valence-electron chi connectivity index (χ3n) is 3.84. The van der Waals surface area contributed by atoms with Crippen LogP contribution < -0.4 is 4.90 Å². The van der Waals surface area contributed by atoms with Gasteiger partial charge in [0.05, 0.1) is 43.2 Å². The zero-order chi connectivity index (χ0) is 20.1. The average Bonchev–Trinajstić information content (AvgIpc) is 2.90. The molecule has 1 aromatic rings. The standard InChI is InChI=1S/C19H18ClNO6/c1-11-9-13(18(23)26-3)14(20)10-15(11)21-8-6-5-7-12(17(22)25-2)16(21)19(24)27-4/h5-10H,1-4H3. The number of hydrogen-bond donors (Lipinski definition) is 0. The SMILES string of the molecule is COC(=O)C1=C(C(=O)OC)N(c2cc(Cl)c(C(=O)OC)cc2C)C=CC=C1. The molecule has 0 bridgehead atoms. The first-order valence-corrected chi connectivity index (χ1v) is 8.17. The highest BCUT2D eigenvalue weighted by molar-refractivity contribution is 6.34. The smallest absolute Gasteiger partial charge is 0.355 e. The van der Waals surface area contributed by atoms with Gasteiger partial charge >= 0.3 is 17.9 Å². The molecule has 0 atom stereocenters. The lowest BCUT2D eigenvalue weighted by Crippen LogP contribution is -2.27. The lowest BCUT2D eigenvalue weighted by atomic mass is 10.1. The largest absolute Gasteiger partial charge is 0.465 e. The Balaban J connectivity index is 2.71. The van der Waals surface area contributed by atoms with Gasteiger partial charge < -0.3 is 19.1 Å². The molecule has 0 aromatic heterocycles. The summed E-state index contributed by atoms with van der Waals surface area (Å²) in [5.74, 6) is -2.02. The van der Waals surface area contributed by atoms with E-state index in [1.54, 1.807) is 31.3 Å². The number of rotatable bonds is 4. The Kier molecular flexibility index (Phi) is 6.41. The molecule has 1 aromatic carbocycles. The molecule has 8 heteroatoms. The molecular formula is C19H18ClNO6. The van der Waals surface area contributed by atoms with Crippen LogP contribution >= 0.6 is 11.6 Å². The molecule has 1 aliphatic rings. The normalized spacial score (nSPS) is 13.3. The first-order valence-electron chi connectivity index (χ1n) is 7.79. The number of nitrogens with zero attached hydrogens (tertiary/aromatic N) is 1. The summed E-state index contributed by atoms with van der Waals surface area (Å²) in [6.45, 7) is 1.73. The van der Waals surface area contributed by atoms with Crippen molar-refractivity contribution in [2.45, 2.75) is 6.92 Å². The lowest BCUT2D eigenvalue weighted by molar-refractivity contribution is -0.139. The molecule has 0 spiro atoms. The Labute approximate surface area is 161 Å². The van der Waals surface area contributed by atoms with E-state index in [0.717, 1.165) is 0 Å². The van der Waals surface area contributed by atoms with Gasteiger partial charge in [-0.05, 0) is 36.8 Å². The van der Waals surface area contributed by atoms with Crippen molar-refractivity contribution in [3.63, 3.8) is 0 Å². The summed E-state index contributed by atoms with van der Waals surface area (Å²) < 4.78 is 14.3. The van der Waals surface area contributed by atoms with Crippen LogP contribution in [-0.4, -0.2) is 39.2 Å². The predicted molar refractivity (Wildman–Crippen MR) is 99.3 cm³/mol. The number of esters is 3. The van der Waals surface area contributed by atoms with Crippen LogP contribution in [0.25, 0.3) is 0 Å². The monoisotopic (exact) mass is 391 g/mol. The molecule has 2 rings (SSSR count). The van der Waals surface area contributed by atoms with Crippen molar-refractivity contribution < 1.29 is 28.6 Å². The van der Waals surface area contributed by atoms with Crippen molar-refractivity contribution in [3.8, 4) is 0 Å². The molecule has 0 saturated heterocycles. The minimum atomic E-state index is -0.737. The number of aryl methyl sites for hydroxylation is 1. The highest BCUT2D eigenvalue weighted by Crippen LogP contribution is 2.33. The van der Waals surface area contributed by atoms with Crippen LogP contribution in [0.2, 0.25) is 5.02 Å². The van der Waals surface area contributed by atoms with Gasteiger partial charge in [-0.2, -0.15) is 0 Å². The molecule has 0 fully saturated rings. The summed E-state index contributed by atoms with van der Waals surface area (Å²) in [7, 11) is 3.68. The molecule has 142 valence electrons. The first kappa shape index (κ1) is 20.3. The summed E-state index contributed by atoms with van der Waals surface area (Å²) in [4.78, 5) is 37.9. The topological polar surface area (TPSA) is 82.1 Å². The molecule has 0 saturated carbocycles. The summed E-state index contributed by atoms with van der Waals surface area (Å²) in [5, 5.41) is 0.136. The van der Waals surface area contributed by atoms with Crippen LogP contribution in [-0.2, 0) is 23.8 Å². The summed E-state index contributed by atoms with van der Waals surface area (Å²) in [5.41, 5.74) is 1.27. The summed E-state index contributed by atoms with van der Waals surface area (Å²) >= 11 is 6.23. The van der Waals surface area contributed by atoms with E-state index in [1.807, 2.05) is 0 Å². The van der Waals surface area contributed by atoms with Crippen LogP contribution in [0.4, 0.5) is 5.69 Å². The van der Waals surface area contributed by atoms with Gasteiger partial charge in [0.1, 0.15) is 5.70 Å². The lowest BCUT2D eigenvalue weighted by Gasteiger charge is -2.25. The number of benzene rings is 1. The van der Waals surface area contributed by atoms with Crippen LogP contribution in [0.15, 0.2) is 47.8 Å². The van der Waals surface area contributed by atoms with Crippen molar-refractivity contribution in [2.24, 2.45) is 0 Å². The van der Waals surface area contributed by atoms with Crippen LogP contribution in [0, 0.1) is 6.92 Å². The van der Waals surface area contributed by atoms with E-state index in [1.165, 1.54) is 38.4 Å². The van der Waals surface area contributed by atoms with Crippen molar-refractivity contribution in [1.82, 2.24) is 0 Å². The van der Waals surface area contributed by atoms with Crippen LogP contribution in [0.1, 0.15) is 15.9 Å². The molecule has 0 radical (unpaired) electrons. The number of methoxy groups -OCH3 is 3. The Hall–Kier alpha value is -3.06. The quantitative estimate of drug-likeness (QED) is 0.576. The molecular weight excluding hydrogens is 374 g/mol. The average molecular weight is 392 g/mol. The fourth-order valence-corrected chi connectivity index (χ4v) is 2.78. The highest BCUT2D eigenvalue weighted by atomic mass is 35.5. The van der Waals surface area contributed by atoms with E-state index >= 15 is 0 Å². The Morgan fingerprint density at radius 2 is 1.56 bits per heavy atom. The Morgan fingerprint density at radius 1 is 0.926 bits per heavy atom. The maximum atomic E-state index is 12.4. The molecule has 7 nitrogen and oxygen atoms in total. The number of ether oxygens (including phenoxy) is 3. The number of halogens is 1. The van der Waals surface area contributed by atoms with Gasteiger partial charge in [-0.3, -0.25) is 0 Å². The maximum absolute atomic E-state index is 12.4. The maximum Gasteiger partial charge on any atom is 0.355 e. The van der Waals surface area contributed by atoms with Crippen LogP contribution in [0.5, 0.6) is 0 Å². The Morgan fingerprint density at radius 3 is 2.15 bits per heavy atom. The van der Waals surface area contributed by atoms with E-state index in [4.69, 9.17) is 25.8 Å². The van der Waals surface area contributed by atoms with Gasteiger partial charge in [-0.15, -0.1) is 0 Å². The molecule has 0 unspecified atom stereocenters. The van der Waals surface area contributed by atoms with Gasteiger partial charge in [0.15, 0.2) is 0 Å². The molecule has 1 heterocycles. The van der Waals surface area contributed by atoms with Gasteiger partial charge in [0, 0.05) is 6.20 Å². The molecule has 27 heavy (non-hydrogen) atoms. The minimum Gasteiger partial charge on any atom is -0.465 e. The zero-order valence-corrected chi connectivity index (χ0v) is 16.0. The third-order valence-corrected chi connectivity index (χ3v) is 4.15. The third kappa shape index (κ3) is 4.03. The van der Waals surface area contributed by atoms with E-state index < -0.39 is 17.9 Å². The van der Waals surface area contributed by atoms with E-state index in [2.05, 4.69) is 0 Å². The second-order valence-electron chi connectivity index (χ2n) is 5.43. The van der Waals surface area contributed by atoms with Gasteiger partial charge in [-0.1, -0.05) is 17.7 Å². The molecule has 0 amide bonds. The second kappa shape index (κ2) is 8.55. The van der Waals surface area contributed by atoms with E-state index in [9.17, 15) is 14.4 Å². The number of hydrogen-bond acceptors (Lipinski definition) is 7. The van der Waals surface area contributed by atoms with Gasteiger partial charge in [0.25, 0.3) is 0 Å². The van der Waals surface area contributed by atoms with Crippen molar-refractivity contribution >= 4 is 35.2 Å². The Bertz CT molecular complexity index is 884. The predicted octanol–water partition coefficient (Wildman–Crippen LogP) is 2.93. The number of anilines is 1. The van der Waals surface area contributed by atoms with Crippen molar-refractivity contribution in [1.29, 1.82) is 0 Å². The number of carbonyl (C=O) groups excluding carboxylic acids is 3. The fraction of sp³-hybridized carbons (Fsp3) is 0.211. The minimum absolute atomic E-state index is 0.0157. The van der Waals surface area contributed by atoms with Crippen molar-refractivity contribution in [3.05, 3.63) is 64.0 Å². The highest BCUT2D eigenvalue weighted by Gasteiger charge is 2.29. The van der Waals surface area contributed by atoms with Crippen molar-refractivity contribution in [2.75, 3.05) is 26.2 Å². The fourth-order valence-electron chi connectivity index (χ4n) is 2.55. The second-order valence-corrected chi connectivity index (χ2v) is 5.83. The summed E-state index contributed by atoms with van der Waals surface area (Å²) in [6.07, 6.45) is 6.26. The van der Waals surface area contributed by atoms with E-state index in [-0.39, 0.29) is 21.9 Å². The van der Waals surface area contributed by atoms with Gasteiger partial charge in [-0.25, -0.2) is 14.4 Å². The number of allylic oxidation sites excluding steroid dienone is 2. The number of carbonyl (C=O) groups is 3. The van der Waals surface area contributed by atoms with Crippen LogP contribution in [0.3, 0.4) is 0 Å². The van der Waals surface area contributed by atoms with Gasteiger partial charge in [0.2, 0.25) is 0 Å². The molecule has 0 aliphatic carbocycles. The first-order chi connectivity index (χ1) is 12.8. The molecule has 0 N–H and O–H groups in total. The summed E-state index contributed by atoms with van der Waals surface area (Å²) in [6, 6.07) is 3.05. The zero-order valence-electron chi connectivity index (χ0n) is 15.2. The molecule has 1 aliphatic heterocycles.